The fourth-order valence-electron chi connectivity index (χ4n) is 2.36. The van der Waals surface area contributed by atoms with Crippen LogP contribution in [0.4, 0.5) is 18.9 Å². The van der Waals surface area contributed by atoms with E-state index in [4.69, 9.17) is 9.47 Å². The molecule has 0 saturated heterocycles. The van der Waals surface area contributed by atoms with Crippen LogP contribution in [0.2, 0.25) is 0 Å². The molecule has 0 aromatic heterocycles. The Hall–Kier alpha value is -3.07. The first kappa shape index (κ1) is 22.2. The number of nitrogens with one attached hydrogen (secondary N) is 2. The summed E-state index contributed by atoms with van der Waals surface area (Å²) < 4.78 is 49.4. The highest BCUT2D eigenvalue weighted by molar-refractivity contribution is 6.05. The van der Waals surface area contributed by atoms with E-state index >= 15 is 0 Å². The van der Waals surface area contributed by atoms with E-state index in [1.54, 1.807) is 12.1 Å². The van der Waals surface area contributed by atoms with Crippen molar-refractivity contribution in [2.45, 2.75) is 19.6 Å². The average Bonchev–Trinajstić information content (AvgIpc) is 2.67. The Bertz CT molecular complexity index is 852. The molecule has 0 bridgehead atoms. The lowest BCUT2D eigenvalue weighted by atomic mass is 10.1. The monoisotopic (exact) mass is 410 g/mol. The summed E-state index contributed by atoms with van der Waals surface area (Å²) in [7, 11) is 1.47. The van der Waals surface area contributed by atoms with E-state index < -0.39 is 17.6 Å². The van der Waals surface area contributed by atoms with Crippen molar-refractivity contribution in [3.63, 3.8) is 0 Å². The number of hydrogen-bond acceptors (Lipinski definition) is 4. The largest absolute Gasteiger partial charge is 0.489 e. The quantitative estimate of drug-likeness (QED) is 0.652. The highest BCUT2D eigenvalue weighted by atomic mass is 19.4. The summed E-state index contributed by atoms with van der Waals surface area (Å²) in [6.45, 7) is 2.05. The Morgan fingerprint density at radius 3 is 2.31 bits per heavy atom. The van der Waals surface area contributed by atoms with Gasteiger partial charge in [-0.15, -0.1) is 0 Å². The summed E-state index contributed by atoms with van der Waals surface area (Å²) in [6.07, 6.45) is -4.56. The van der Waals surface area contributed by atoms with Gasteiger partial charge in [-0.1, -0.05) is 12.1 Å². The molecule has 0 heterocycles. The van der Waals surface area contributed by atoms with Crippen LogP contribution >= 0.6 is 0 Å². The fraction of sp³-hybridized carbons (Fsp3) is 0.300. The van der Waals surface area contributed by atoms with Crippen LogP contribution in [-0.2, 0) is 22.3 Å². The molecule has 2 aromatic rings. The molecule has 0 unspecified atom stereocenters. The van der Waals surface area contributed by atoms with Gasteiger partial charge in [0.1, 0.15) is 12.4 Å². The molecule has 0 saturated carbocycles. The fourth-order valence-corrected chi connectivity index (χ4v) is 2.36. The Labute approximate surface area is 166 Å². The third-order valence-corrected chi connectivity index (χ3v) is 3.86. The Balaban J connectivity index is 2.18. The minimum absolute atomic E-state index is 0.0942. The predicted octanol–water partition coefficient (Wildman–Crippen LogP) is 3.62. The van der Waals surface area contributed by atoms with Crippen LogP contribution < -0.4 is 15.4 Å². The zero-order valence-corrected chi connectivity index (χ0v) is 15.9. The van der Waals surface area contributed by atoms with Crippen molar-refractivity contribution in [1.29, 1.82) is 0 Å². The van der Waals surface area contributed by atoms with E-state index in [-0.39, 0.29) is 36.1 Å². The predicted molar refractivity (Wildman–Crippen MR) is 101 cm³/mol. The molecule has 0 aliphatic rings. The molecule has 156 valence electrons. The standard InChI is InChI=1S/C20H21F3N2O4/c1-13(26)24-12-14-3-5-15(6-4-14)19(27)25-17-11-16(20(21,22)23)7-8-18(17)29-10-9-28-2/h3-8,11H,9-10,12H2,1-2H3,(H,24,26)(H,25,27). The third kappa shape index (κ3) is 6.79. The Morgan fingerprint density at radius 1 is 1.03 bits per heavy atom. The van der Waals surface area contributed by atoms with Crippen molar-refractivity contribution in [3.8, 4) is 5.75 Å². The van der Waals surface area contributed by atoms with Crippen molar-refractivity contribution in [2.75, 3.05) is 25.6 Å². The lowest BCUT2D eigenvalue weighted by molar-refractivity contribution is -0.137. The highest BCUT2D eigenvalue weighted by Crippen LogP contribution is 2.35. The van der Waals surface area contributed by atoms with Gasteiger partial charge < -0.3 is 20.1 Å². The van der Waals surface area contributed by atoms with Gasteiger partial charge >= 0.3 is 6.18 Å². The van der Waals surface area contributed by atoms with Crippen molar-refractivity contribution >= 4 is 17.5 Å². The summed E-state index contributed by atoms with van der Waals surface area (Å²) in [6, 6.07) is 9.20. The maximum Gasteiger partial charge on any atom is 0.416 e. The smallest absolute Gasteiger partial charge is 0.416 e. The van der Waals surface area contributed by atoms with Crippen LogP contribution in [0.5, 0.6) is 5.75 Å². The van der Waals surface area contributed by atoms with Crippen LogP contribution in [0.3, 0.4) is 0 Å². The molecule has 0 atom stereocenters. The first-order chi connectivity index (χ1) is 13.7. The summed E-state index contributed by atoms with van der Waals surface area (Å²) >= 11 is 0. The number of alkyl halides is 3. The maximum absolute atomic E-state index is 13.0. The SMILES string of the molecule is COCCOc1ccc(C(F)(F)F)cc1NC(=O)c1ccc(CNC(C)=O)cc1. The number of amides is 2. The number of carbonyl (C=O) groups is 2. The van der Waals surface area contributed by atoms with Gasteiger partial charge in [0.15, 0.2) is 0 Å². The lowest BCUT2D eigenvalue weighted by Gasteiger charge is -2.15. The van der Waals surface area contributed by atoms with Gasteiger partial charge in [-0.3, -0.25) is 9.59 Å². The third-order valence-electron chi connectivity index (χ3n) is 3.86. The van der Waals surface area contributed by atoms with Gasteiger partial charge in [-0.25, -0.2) is 0 Å². The number of hydrogen-bond donors (Lipinski definition) is 2. The molecule has 2 aromatic carbocycles. The Morgan fingerprint density at radius 2 is 1.72 bits per heavy atom. The van der Waals surface area contributed by atoms with Crippen LogP contribution in [-0.4, -0.2) is 32.1 Å². The normalized spacial score (nSPS) is 11.1. The van der Waals surface area contributed by atoms with E-state index in [2.05, 4.69) is 10.6 Å². The minimum atomic E-state index is -4.56. The van der Waals surface area contributed by atoms with E-state index in [0.717, 1.165) is 23.8 Å². The molecular weight excluding hydrogens is 389 g/mol. The second-order valence-electron chi connectivity index (χ2n) is 6.11. The van der Waals surface area contributed by atoms with Gasteiger partial charge in [-0.2, -0.15) is 13.2 Å². The van der Waals surface area contributed by atoms with E-state index in [0.29, 0.717) is 6.54 Å². The van der Waals surface area contributed by atoms with Crippen LogP contribution in [0.25, 0.3) is 0 Å². The summed E-state index contributed by atoms with van der Waals surface area (Å²) in [4.78, 5) is 23.4. The average molecular weight is 410 g/mol. The summed E-state index contributed by atoms with van der Waals surface area (Å²) in [5.41, 5.74) is 0.0250. The van der Waals surface area contributed by atoms with Gasteiger partial charge in [0, 0.05) is 26.1 Å². The van der Waals surface area contributed by atoms with Crippen molar-refractivity contribution in [2.24, 2.45) is 0 Å². The molecule has 9 heteroatoms. The second kappa shape index (κ2) is 9.92. The molecule has 2 amide bonds. The highest BCUT2D eigenvalue weighted by Gasteiger charge is 2.31. The zero-order chi connectivity index (χ0) is 21.4. The molecule has 6 nitrogen and oxygen atoms in total. The zero-order valence-electron chi connectivity index (χ0n) is 15.9. The molecular formula is C20H21F3N2O4. The molecule has 2 rings (SSSR count). The van der Waals surface area contributed by atoms with Crippen LogP contribution in [0, 0.1) is 0 Å². The van der Waals surface area contributed by atoms with Gasteiger partial charge in [0.25, 0.3) is 5.91 Å². The Kier molecular flexibility index (Phi) is 7.60. The lowest BCUT2D eigenvalue weighted by Crippen LogP contribution is -2.19. The molecule has 0 aliphatic heterocycles. The van der Waals surface area contributed by atoms with Gasteiger partial charge in [0.2, 0.25) is 5.91 Å². The van der Waals surface area contributed by atoms with Crippen LogP contribution in [0.15, 0.2) is 42.5 Å². The van der Waals surface area contributed by atoms with E-state index in [1.807, 2.05) is 0 Å². The number of halogens is 3. The van der Waals surface area contributed by atoms with E-state index in [1.165, 1.54) is 26.2 Å². The number of methoxy groups -OCH3 is 1. The molecule has 0 radical (unpaired) electrons. The molecule has 2 N–H and O–H groups in total. The minimum Gasteiger partial charge on any atom is -0.489 e. The number of anilines is 1. The van der Waals surface area contributed by atoms with Crippen molar-refractivity contribution in [1.82, 2.24) is 5.32 Å². The number of benzene rings is 2. The van der Waals surface area contributed by atoms with E-state index in [9.17, 15) is 22.8 Å². The molecule has 29 heavy (non-hydrogen) atoms. The first-order valence-electron chi connectivity index (χ1n) is 8.68. The number of rotatable bonds is 8. The maximum atomic E-state index is 13.0. The van der Waals surface area contributed by atoms with Crippen molar-refractivity contribution in [3.05, 3.63) is 59.2 Å². The second-order valence-corrected chi connectivity index (χ2v) is 6.11. The summed E-state index contributed by atoms with van der Waals surface area (Å²) in [5.74, 6) is -0.671. The topological polar surface area (TPSA) is 76.7 Å². The summed E-state index contributed by atoms with van der Waals surface area (Å²) in [5, 5.41) is 5.09. The molecule has 0 spiro atoms. The first-order valence-corrected chi connectivity index (χ1v) is 8.68. The number of ether oxygens (including phenoxy) is 2. The number of carbonyl (C=O) groups excluding carboxylic acids is 2. The molecule has 0 aliphatic carbocycles. The van der Waals surface area contributed by atoms with Gasteiger partial charge in [-0.05, 0) is 35.9 Å². The van der Waals surface area contributed by atoms with Crippen LogP contribution in [0.1, 0.15) is 28.4 Å². The van der Waals surface area contributed by atoms with Crippen molar-refractivity contribution < 1.29 is 32.2 Å². The van der Waals surface area contributed by atoms with Gasteiger partial charge in [0.05, 0.1) is 17.9 Å². The molecule has 0 fully saturated rings.